The number of carbonyl (C=O) groups is 2. The summed E-state index contributed by atoms with van der Waals surface area (Å²) < 4.78 is 9.64. The van der Waals surface area contributed by atoms with Crippen LogP contribution in [0.15, 0.2) is 0 Å². The lowest BCUT2D eigenvalue weighted by Crippen LogP contribution is -2.37. The molecule has 1 atom stereocenters. The van der Waals surface area contributed by atoms with Crippen LogP contribution in [-0.4, -0.2) is 31.1 Å². The molecular weight excluding hydrogens is 160 g/mol. The number of rotatable bonds is 1. The first-order valence-corrected chi connectivity index (χ1v) is 3.73. The molecule has 0 aromatic rings. The lowest BCUT2D eigenvalue weighted by molar-refractivity contribution is -0.152. The number of hydrogen-bond acceptors (Lipinski definition) is 4. The monoisotopic (exact) mass is 172 g/mol. The zero-order valence-corrected chi connectivity index (χ0v) is 7.42. The Balaban J connectivity index is 2.85. The second-order valence-corrected chi connectivity index (χ2v) is 3.31. The molecule has 1 heterocycles. The molecule has 0 radical (unpaired) electrons. The number of methoxy groups -OCH3 is 1. The summed E-state index contributed by atoms with van der Waals surface area (Å²) in [5, 5.41) is 0. The molecule has 4 heteroatoms. The highest BCUT2D eigenvalue weighted by atomic mass is 16.5. The van der Waals surface area contributed by atoms with E-state index in [1.165, 1.54) is 7.11 Å². The second kappa shape index (κ2) is 2.86. The van der Waals surface area contributed by atoms with Gasteiger partial charge >= 0.3 is 5.97 Å². The first-order chi connectivity index (χ1) is 5.49. The van der Waals surface area contributed by atoms with Crippen LogP contribution in [0.3, 0.4) is 0 Å². The third-order valence-electron chi connectivity index (χ3n) is 2.04. The lowest BCUT2D eigenvalue weighted by atomic mass is 9.90. The Morgan fingerprint density at radius 1 is 1.67 bits per heavy atom. The highest BCUT2D eigenvalue weighted by molar-refractivity contribution is 6.02. The predicted octanol–water partition coefficient (Wildman–Crippen LogP) is 0.153. The SMILES string of the molecule is COC(=O)[C@H]1C(=O)COC1(C)C. The van der Waals surface area contributed by atoms with Gasteiger partial charge in [-0.3, -0.25) is 9.59 Å². The van der Waals surface area contributed by atoms with Crippen LogP contribution in [0.25, 0.3) is 0 Å². The average Bonchev–Trinajstić information content (AvgIpc) is 2.25. The zero-order valence-electron chi connectivity index (χ0n) is 7.42. The van der Waals surface area contributed by atoms with Crippen molar-refractivity contribution in [3.8, 4) is 0 Å². The van der Waals surface area contributed by atoms with E-state index in [1.807, 2.05) is 0 Å². The van der Waals surface area contributed by atoms with Gasteiger partial charge in [0.2, 0.25) is 0 Å². The van der Waals surface area contributed by atoms with Crippen molar-refractivity contribution in [2.24, 2.45) is 5.92 Å². The third kappa shape index (κ3) is 1.34. The van der Waals surface area contributed by atoms with Crippen molar-refractivity contribution in [2.45, 2.75) is 19.4 Å². The molecule has 0 unspecified atom stereocenters. The first kappa shape index (κ1) is 9.19. The molecule has 68 valence electrons. The van der Waals surface area contributed by atoms with Gasteiger partial charge in [-0.15, -0.1) is 0 Å². The van der Waals surface area contributed by atoms with Gasteiger partial charge < -0.3 is 9.47 Å². The van der Waals surface area contributed by atoms with Crippen molar-refractivity contribution in [2.75, 3.05) is 13.7 Å². The van der Waals surface area contributed by atoms with E-state index in [9.17, 15) is 9.59 Å². The molecule has 12 heavy (non-hydrogen) atoms. The summed E-state index contributed by atoms with van der Waals surface area (Å²) in [5.41, 5.74) is -0.718. The molecule has 0 aromatic heterocycles. The summed E-state index contributed by atoms with van der Waals surface area (Å²) in [6.07, 6.45) is 0. The van der Waals surface area contributed by atoms with E-state index in [0.717, 1.165) is 0 Å². The largest absolute Gasteiger partial charge is 0.468 e. The van der Waals surface area contributed by atoms with Crippen LogP contribution in [0.4, 0.5) is 0 Å². The van der Waals surface area contributed by atoms with E-state index in [4.69, 9.17) is 4.74 Å². The van der Waals surface area contributed by atoms with Crippen LogP contribution in [0.2, 0.25) is 0 Å². The Morgan fingerprint density at radius 3 is 2.58 bits per heavy atom. The number of hydrogen-bond donors (Lipinski definition) is 0. The molecular formula is C8H12O4. The lowest BCUT2D eigenvalue weighted by Gasteiger charge is -2.21. The molecule has 0 N–H and O–H groups in total. The van der Waals surface area contributed by atoms with Crippen molar-refractivity contribution in [3.63, 3.8) is 0 Å². The second-order valence-electron chi connectivity index (χ2n) is 3.31. The first-order valence-electron chi connectivity index (χ1n) is 3.73. The minimum Gasteiger partial charge on any atom is -0.468 e. The van der Waals surface area contributed by atoms with Crippen LogP contribution < -0.4 is 0 Å². The van der Waals surface area contributed by atoms with Crippen LogP contribution >= 0.6 is 0 Å². The molecule has 4 nitrogen and oxygen atoms in total. The van der Waals surface area contributed by atoms with E-state index >= 15 is 0 Å². The fraction of sp³-hybridized carbons (Fsp3) is 0.750. The van der Waals surface area contributed by atoms with Crippen molar-refractivity contribution in [1.82, 2.24) is 0 Å². The Morgan fingerprint density at radius 2 is 2.25 bits per heavy atom. The van der Waals surface area contributed by atoms with Gasteiger partial charge in [-0.1, -0.05) is 0 Å². The van der Waals surface area contributed by atoms with E-state index in [1.54, 1.807) is 13.8 Å². The Labute approximate surface area is 70.8 Å². The maximum atomic E-state index is 11.2. The van der Waals surface area contributed by atoms with Crippen molar-refractivity contribution in [1.29, 1.82) is 0 Å². The Kier molecular flexibility index (Phi) is 2.19. The van der Waals surface area contributed by atoms with E-state index in [-0.39, 0.29) is 12.4 Å². The van der Waals surface area contributed by atoms with Crippen LogP contribution in [-0.2, 0) is 19.1 Å². The smallest absolute Gasteiger partial charge is 0.319 e. The minimum atomic E-state index is -0.762. The van der Waals surface area contributed by atoms with Gasteiger partial charge in [0.25, 0.3) is 0 Å². The van der Waals surface area contributed by atoms with Gasteiger partial charge in [0, 0.05) is 0 Å². The van der Waals surface area contributed by atoms with Crippen molar-refractivity contribution >= 4 is 11.8 Å². The van der Waals surface area contributed by atoms with Crippen LogP contribution in [0.1, 0.15) is 13.8 Å². The number of ketones is 1. The highest BCUT2D eigenvalue weighted by Gasteiger charge is 2.47. The van der Waals surface area contributed by atoms with E-state index in [0.29, 0.717) is 0 Å². The van der Waals surface area contributed by atoms with Crippen molar-refractivity contribution in [3.05, 3.63) is 0 Å². The van der Waals surface area contributed by atoms with Gasteiger partial charge in [0.05, 0.1) is 12.7 Å². The molecule has 1 saturated heterocycles. The number of ether oxygens (including phenoxy) is 2. The molecule has 1 fully saturated rings. The Bertz CT molecular complexity index is 219. The van der Waals surface area contributed by atoms with Gasteiger partial charge in [-0.25, -0.2) is 0 Å². The molecule has 0 bridgehead atoms. The molecule has 0 aliphatic carbocycles. The van der Waals surface area contributed by atoms with E-state index < -0.39 is 17.5 Å². The van der Waals surface area contributed by atoms with Gasteiger partial charge in [-0.05, 0) is 13.8 Å². The number of Topliss-reactive ketones (excluding diaryl/α,β-unsaturated/α-hetero) is 1. The van der Waals surface area contributed by atoms with Gasteiger partial charge in [-0.2, -0.15) is 0 Å². The van der Waals surface area contributed by atoms with Gasteiger partial charge in [0.1, 0.15) is 12.5 Å². The third-order valence-corrected chi connectivity index (χ3v) is 2.04. The summed E-state index contributed by atoms with van der Waals surface area (Å²) in [7, 11) is 1.27. The fourth-order valence-corrected chi connectivity index (χ4v) is 1.34. The molecule has 0 aromatic carbocycles. The average molecular weight is 172 g/mol. The van der Waals surface area contributed by atoms with E-state index in [2.05, 4.69) is 4.74 Å². The number of carbonyl (C=O) groups excluding carboxylic acids is 2. The van der Waals surface area contributed by atoms with Crippen LogP contribution in [0, 0.1) is 5.92 Å². The maximum Gasteiger partial charge on any atom is 0.319 e. The quantitative estimate of drug-likeness (QED) is 0.417. The molecule has 0 amide bonds. The Hall–Kier alpha value is -0.900. The fourth-order valence-electron chi connectivity index (χ4n) is 1.34. The topological polar surface area (TPSA) is 52.6 Å². The predicted molar refractivity (Wildman–Crippen MR) is 40.5 cm³/mol. The summed E-state index contributed by atoms with van der Waals surface area (Å²) in [5.74, 6) is -1.48. The normalized spacial score (nSPS) is 27.2. The molecule has 1 rings (SSSR count). The zero-order chi connectivity index (χ0) is 9.35. The summed E-state index contributed by atoms with van der Waals surface area (Å²) in [4.78, 5) is 22.3. The maximum absolute atomic E-state index is 11.2. The minimum absolute atomic E-state index is 0.00671. The standard InChI is InChI=1S/C8H12O4/c1-8(2)6(7(10)11-3)5(9)4-12-8/h6H,4H2,1-3H3/t6-/m1/s1. The number of esters is 1. The molecule has 1 aliphatic heterocycles. The molecule has 1 aliphatic rings. The molecule has 0 spiro atoms. The summed E-state index contributed by atoms with van der Waals surface area (Å²) in [6, 6.07) is 0. The van der Waals surface area contributed by atoms with Gasteiger partial charge in [0.15, 0.2) is 5.78 Å². The molecule has 0 saturated carbocycles. The van der Waals surface area contributed by atoms with Crippen LogP contribution in [0.5, 0.6) is 0 Å². The van der Waals surface area contributed by atoms with Crippen molar-refractivity contribution < 1.29 is 19.1 Å². The highest BCUT2D eigenvalue weighted by Crippen LogP contribution is 2.29. The summed E-state index contributed by atoms with van der Waals surface area (Å²) >= 11 is 0. The summed E-state index contributed by atoms with van der Waals surface area (Å²) in [6.45, 7) is 3.42.